The van der Waals surface area contributed by atoms with Crippen molar-refractivity contribution in [3.8, 4) is 11.5 Å². The number of benzene rings is 2. The number of fused-ring (bicyclic) bond motifs is 1. The number of amides is 1. The van der Waals surface area contributed by atoms with Gasteiger partial charge in [-0.15, -0.1) is 0 Å². The first-order chi connectivity index (χ1) is 12.8. The van der Waals surface area contributed by atoms with Gasteiger partial charge in [0.1, 0.15) is 0 Å². The molecule has 136 valence electrons. The molecule has 0 aliphatic carbocycles. The van der Waals surface area contributed by atoms with Gasteiger partial charge in [0, 0.05) is 24.8 Å². The summed E-state index contributed by atoms with van der Waals surface area (Å²) in [6.07, 6.45) is 3.26. The van der Waals surface area contributed by atoms with Crippen molar-refractivity contribution in [1.82, 2.24) is 4.90 Å². The number of hydrogen-bond donors (Lipinski definition) is 1. The highest BCUT2D eigenvalue weighted by Gasteiger charge is 2.23. The molecular weight excluding hydrogens is 328 g/mol. The third kappa shape index (κ3) is 3.93. The van der Waals surface area contributed by atoms with E-state index in [-0.39, 0.29) is 12.7 Å². The molecule has 2 heterocycles. The quantitative estimate of drug-likeness (QED) is 0.897. The largest absolute Gasteiger partial charge is 0.454 e. The standard InChI is InChI=1S/C21H24N2O3/c24-21(14-22-18-6-7-19-20(13-18)26-15-25-19)23-10-8-17(9-11-23)12-16-4-2-1-3-5-16/h1-7,13,17,22H,8-12,14-15H2. The predicted octanol–water partition coefficient (Wildman–Crippen LogP) is 3.31. The van der Waals surface area contributed by atoms with Crippen molar-refractivity contribution in [3.05, 3.63) is 54.1 Å². The molecule has 0 atom stereocenters. The smallest absolute Gasteiger partial charge is 0.241 e. The van der Waals surface area contributed by atoms with Crippen LogP contribution in [-0.2, 0) is 11.2 Å². The lowest BCUT2D eigenvalue weighted by Crippen LogP contribution is -2.41. The number of rotatable bonds is 5. The van der Waals surface area contributed by atoms with E-state index in [9.17, 15) is 4.79 Å². The zero-order chi connectivity index (χ0) is 17.8. The summed E-state index contributed by atoms with van der Waals surface area (Å²) < 4.78 is 10.7. The Labute approximate surface area is 153 Å². The van der Waals surface area contributed by atoms with Gasteiger partial charge in [-0.05, 0) is 42.9 Å². The molecule has 1 amide bonds. The highest BCUT2D eigenvalue weighted by molar-refractivity contribution is 5.81. The minimum atomic E-state index is 0.154. The maximum absolute atomic E-state index is 12.5. The first kappa shape index (κ1) is 16.8. The topological polar surface area (TPSA) is 50.8 Å². The molecule has 0 bridgehead atoms. The number of piperidine rings is 1. The minimum absolute atomic E-state index is 0.154. The lowest BCUT2D eigenvalue weighted by Gasteiger charge is -2.32. The van der Waals surface area contributed by atoms with Gasteiger partial charge in [0.15, 0.2) is 11.5 Å². The van der Waals surface area contributed by atoms with Crippen LogP contribution < -0.4 is 14.8 Å². The molecule has 0 spiro atoms. The van der Waals surface area contributed by atoms with Crippen molar-refractivity contribution in [2.24, 2.45) is 5.92 Å². The Bertz CT molecular complexity index is 755. The van der Waals surface area contributed by atoms with Gasteiger partial charge in [-0.2, -0.15) is 0 Å². The van der Waals surface area contributed by atoms with Gasteiger partial charge < -0.3 is 19.7 Å². The summed E-state index contributed by atoms with van der Waals surface area (Å²) in [5.41, 5.74) is 2.27. The Kier molecular flexibility index (Phi) is 4.95. The Balaban J connectivity index is 1.23. The average Bonchev–Trinajstić information content (AvgIpc) is 3.15. The summed E-state index contributed by atoms with van der Waals surface area (Å²) in [5.74, 6) is 2.30. The molecule has 5 nitrogen and oxygen atoms in total. The van der Waals surface area contributed by atoms with E-state index in [1.807, 2.05) is 23.1 Å². The van der Waals surface area contributed by atoms with Crippen LogP contribution in [-0.4, -0.2) is 37.2 Å². The lowest BCUT2D eigenvalue weighted by atomic mass is 9.90. The summed E-state index contributed by atoms with van der Waals surface area (Å²) in [5, 5.41) is 3.20. The molecule has 0 saturated carbocycles. The molecule has 1 N–H and O–H groups in total. The molecule has 5 heteroatoms. The maximum atomic E-state index is 12.5. The minimum Gasteiger partial charge on any atom is -0.454 e. The monoisotopic (exact) mass is 352 g/mol. The van der Waals surface area contributed by atoms with E-state index in [0.29, 0.717) is 12.5 Å². The van der Waals surface area contributed by atoms with E-state index < -0.39 is 0 Å². The first-order valence-electron chi connectivity index (χ1n) is 9.23. The van der Waals surface area contributed by atoms with Crippen LogP contribution >= 0.6 is 0 Å². The number of ether oxygens (including phenoxy) is 2. The molecular formula is C21H24N2O3. The molecule has 26 heavy (non-hydrogen) atoms. The summed E-state index contributed by atoms with van der Waals surface area (Å²) in [6, 6.07) is 16.3. The van der Waals surface area contributed by atoms with Crippen LogP contribution in [0.2, 0.25) is 0 Å². The molecule has 2 aliphatic rings. The van der Waals surface area contributed by atoms with Crippen LogP contribution in [0.1, 0.15) is 18.4 Å². The molecule has 2 aromatic rings. The van der Waals surface area contributed by atoms with Crippen LogP contribution in [0.15, 0.2) is 48.5 Å². The summed E-state index contributed by atoms with van der Waals surface area (Å²) >= 11 is 0. The van der Waals surface area contributed by atoms with Crippen LogP contribution in [0.3, 0.4) is 0 Å². The van der Waals surface area contributed by atoms with Gasteiger partial charge in [0.05, 0.1) is 6.54 Å². The van der Waals surface area contributed by atoms with Crippen molar-refractivity contribution in [2.75, 3.05) is 31.7 Å². The third-order valence-electron chi connectivity index (χ3n) is 5.15. The Hall–Kier alpha value is -2.69. The number of likely N-dealkylation sites (tertiary alicyclic amines) is 1. The Morgan fingerprint density at radius 1 is 1.04 bits per heavy atom. The number of anilines is 1. The van der Waals surface area contributed by atoms with Crippen molar-refractivity contribution in [2.45, 2.75) is 19.3 Å². The van der Waals surface area contributed by atoms with Crippen LogP contribution in [0.5, 0.6) is 11.5 Å². The SMILES string of the molecule is O=C(CNc1ccc2c(c1)OCO2)N1CCC(Cc2ccccc2)CC1. The molecule has 0 radical (unpaired) electrons. The van der Waals surface area contributed by atoms with Gasteiger partial charge in [0.25, 0.3) is 0 Å². The van der Waals surface area contributed by atoms with E-state index in [2.05, 4.69) is 35.6 Å². The molecule has 1 fully saturated rings. The van der Waals surface area contributed by atoms with Crippen molar-refractivity contribution < 1.29 is 14.3 Å². The fourth-order valence-electron chi connectivity index (χ4n) is 3.63. The van der Waals surface area contributed by atoms with E-state index >= 15 is 0 Å². The lowest BCUT2D eigenvalue weighted by molar-refractivity contribution is -0.130. The zero-order valence-electron chi connectivity index (χ0n) is 14.8. The maximum Gasteiger partial charge on any atom is 0.241 e. The summed E-state index contributed by atoms with van der Waals surface area (Å²) in [6.45, 7) is 2.26. The second-order valence-electron chi connectivity index (χ2n) is 6.94. The fourth-order valence-corrected chi connectivity index (χ4v) is 3.63. The average molecular weight is 352 g/mol. The Morgan fingerprint density at radius 2 is 1.81 bits per heavy atom. The van der Waals surface area contributed by atoms with Crippen LogP contribution in [0.25, 0.3) is 0 Å². The summed E-state index contributed by atoms with van der Waals surface area (Å²) in [7, 11) is 0. The van der Waals surface area contributed by atoms with Gasteiger partial charge in [-0.25, -0.2) is 0 Å². The molecule has 2 aliphatic heterocycles. The van der Waals surface area contributed by atoms with Gasteiger partial charge >= 0.3 is 0 Å². The van der Waals surface area contributed by atoms with E-state index in [1.54, 1.807) is 0 Å². The van der Waals surface area contributed by atoms with Crippen molar-refractivity contribution >= 4 is 11.6 Å². The van der Waals surface area contributed by atoms with Crippen molar-refractivity contribution in [1.29, 1.82) is 0 Å². The molecule has 2 aromatic carbocycles. The number of carbonyl (C=O) groups excluding carboxylic acids is 1. The first-order valence-corrected chi connectivity index (χ1v) is 9.23. The predicted molar refractivity (Wildman–Crippen MR) is 101 cm³/mol. The zero-order valence-corrected chi connectivity index (χ0v) is 14.8. The molecule has 0 unspecified atom stereocenters. The van der Waals surface area contributed by atoms with E-state index in [0.717, 1.165) is 49.5 Å². The van der Waals surface area contributed by atoms with Crippen LogP contribution in [0, 0.1) is 5.92 Å². The fraction of sp³-hybridized carbons (Fsp3) is 0.381. The summed E-state index contributed by atoms with van der Waals surface area (Å²) in [4.78, 5) is 14.5. The van der Waals surface area contributed by atoms with Crippen LogP contribution in [0.4, 0.5) is 5.69 Å². The highest BCUT2D eigenvalue weighted by atomic mass is 16.7. The number of nitrogens with zero attached hydrogens (tertiary/aromatic N) is 1. The van der Waals surface area contributed by atoms with Crippen molar-refractivity contribution in [3.63, 3.8) is 0 Å². The number of carbonyl (C=O) groups is 1. The Morgan fingerprint density at radius 3 is 2.62 bits per heavy atom. The van der Waals surface area contributed by atoms with Gasteiger partial charge in [-0.1, -0.05) is 30.3 Å². The molecule has 1 saturated heterocycles. The van der Waals surface area contributed by atoms with E-state index in [4.69, 9.17) is 9.47 Å². The second-order valence-corrected chi connectivity index (χ2v) is 6.94. The normalized spacial score (nSPS) is 16.5. The number of nitrogens with one attached hydrogen (secondary N) is 1. The third-order valence-corrected chi connectivity index (χ3v) is 5.15. The molecule has 4 rings (SSSR count). The highest BCUT2D eigenvalue weighted by Crippen LogP contribution is 2.34. The van der Waals surface area contributed by atoms with Gasteiger partial charge in [0.2, 0.25) is 12.7 Å². The van der Waals surface area contributed by atoms with E-state index in [1.165, 1.54) is 5.56 Å². The van der Waals surface area contributed by atoms with Gasteiger partial charge in [-0.3, -0.25) is 4.79 Å². The number of hydrogen-bond acceptors (Lipinski definition) is 4. The molecule has 0 aromatic heterocycles. The second kappa shape index (κ2) is 7.68.